The van der Waals surface area contributed by atoms with Crippen molar-refractivity contribution >= 4 is 29.2 Å². The quantitative estimate of drug-likeness (QED) is 0.128. The maximum atomic E-state index is 12.0. The Kier molecular flexibility index (Phi) is 9.32. The van der Waals surface area contributed by atoms with Gasteiger partial charge in [-0.05, 0) is 72.0 Å². The second kappa shape index (κ2) is 12.7. The van der Waals surface area contributed by atoms with E-state index in [4.69, 9.17) is 9.47 Å². The van der Waals surface area contributed by atoms with Gasteiger partial charge >= 0.3 is 5.97 Å². The minimum Gasteiger partial charge on any atom is -0.494 e. The first-order chi connectivity index (χ1) is 15.2. The summed E-state index contributed by atoms with van der Waals surface area (Å²) in [4.78, 5) is 16.5. The van der Waals surface area contributed by atoms with Gasteiger partial charge in [0.25, 0.3) is 0 Å². The third kappa shape index (κ3) is 8.02. The number of nitrogens with zero attached hydrogens (tertiary/aromatic N) is 1. The van der Waals surface area contributed by atoms with Crippen LogP contribution in [0.4, 0.5) is 5.69 Å². The normalized spacial score (nSPS) is 11.0. The van der Waals surface area contributed by atoms with Crippen molar-refractivity contribution in [2.45, 2.75) is 45.4 Å². The van der Waals surface area contributed by atoms with E-state index < -0.39 is 0 Å². The van der Waals surface area contributed by atoms with Gasteiger partial charge in [0.2, 0.25) is 0 Å². The summed E-state index contributed by atoms with van der Waals surface area (Å²) in [6.45, 7) is 3.00. The van der Waals surface area contributed by atoms with Crippen LogP contribution >= 0.6 is 11.3 Å². The summed E-state index contributed by atoms with van der Waals surface area (Å²) < 4.78 is 11.2. The molecule has 0 aliphatic carbocycles. The summed E-state index contributed by atoms with van der Waals surface area (Å²) >= 11 is 1.47. The Bertz CT molecular complexity index is 932. The molecule has 1 aromatic heterocycles. The summed E-state index contributed by atoms with van der Waals surface area (Å²) in [6, 6.07) is 16.8. The van der Waals surface area contributed by atoms with Crippen LogP contribution in [0.25, 0.3) is 0 Å². The lowest BCUT2D eigenvalue weighted by Gasteiger charge is -2.06. The molecule has 0 saturated heterocycles. The van der Waals surface area contributed by atoms with E-state index in [-0.39, 0.29) is 5.97 Å². The molecule has 5 heteroatoms. The number of thiophene rings is 1. The maximum absolute atomic E-state index is 12.0. The Labute approximate surface area is 188 Å². The van der Waals surface area contributed by atoms with Crippen LogP contribution in [0.15, 0.2) is 70.3 Å². The van der Waals surface area contributed by atoms with Crippen LogP contribution in [0.3, 0.4) is 0 Å². The van der Waals surface area contributed by atoms with Crippen molar-refractivity contribution in [1.29, 1.82) is 0 Å². The smallest absolute Gasteiger partial charge is 0.344 e. The van der Waals surface area contributed by atoms with Gasteiger partial charge in [-0.3, -0.25) is 4.99 Å². The molecule has 162 valence electrons. The van der Waals surface area contributed by atoms with Crippen LogP contribution < -0.4 is 9.47 Å². The topological polar surface area (TPSA) is 47.9 Å². The number of hydrogen-bond acceptors (Lipinski definition) is 5. The Morgan fingerprint density at radius 3 is 2.32 bits per heavy atom. The van der Waals surface area contributed by atoms with Crippen LogP contribution in [0.5, 0.6) is 11.5 Å². The molecule has 0 atom stereocenters. The van der Waals surface area contributed by atoms with Crippen molar-refractivity contribution < 1.29 is 14.3 Å². The van der Waals surface area contributed by atoms with Crippen molar-refractivity contribution in [3.63, 3.8) is 0 Å². The largest absolute Gasteiger partial charge is 0.494 e. The number of carbonyl (C=O) groups excluding carboxylic acids is 1. The second-order valence-electron chi connectivity index (χ2n) is 7.34. The minimum absolute atomic E-state index is 0.346. The van der Waals surface area contributed by atoms with E-state index >= 15 is 0 Å². The van der Waals surface area contributed by atoms with E-state index in [1.54, 1.807) is 29.8 Å². The average Bonchev–Trinajstić information content (AvgIpc) is 3.34. The second-order valence-corrected chi connectivity index (χ2v) is 8.12. The molecule has 0 fully saturated rings. The van der Waals surface area contributed by atoms with Crippen LogP contribution in [0.2, 0.25) is 0 Å². The van der Waals surface area contributed by atoms with Gasteiger partial charge in [-0.25, -0.2) is 4.79 Å². The number of hydrogen-bond donors (Lipinski definition) is 0. The van der Waals surface area contributed by atoms with Gasteiger partial charge in [0.1, 0.15) is 11.5 Å². The lowest BCUT2D eigenvalue weighted by Crippen LogP contribution is -2.06. The average molecular weight is 436 g/mol. The summed E-state index contributed by atoms with van der Waals surface area (Å²) in [5.74, 6) is 1.05. The number of unbranched alkanes of at least 4 members (excludes halogenated alkanes) is 5. The Morgan fingerprint density at radius 1 is 0.903 bits per heavy atom. The zero-order valence-corrected chi connectivity index (χ0v) is 18.8. The maximum Gasteiger partial charge on any atom is 0.344 e. The first-order valence-corrected chi connectivity index (χ1v) is 11.8. The number of esters is 1. The number of rotatable bonds is 12. The van der Waals surface area contributed by atoms with E-state index in [2.05, 4.69) is 11.9 Å². The minimum atomic E-state index is -0.346. The molecule has 0 N–H and O–H groups in total. The summed E-state index contributed by atoms with van der Waals surface area (Å²) in [5.41, 5.74) is 2.36. The molecule has 0 bridgehead atoms. The monoisotopic (exact) mass is 435 g/mol. The lowest BCUT2D eigenvalue weighted by molar-refractivity contribution is 0.0735. The zero-order chi connectivity index (χ0) is 21.7. The molecule has 3 rings (SSSR count). The van der Waals surface area contributed by atoms with Gasteiger partial charge in [0.05, 0.1) is 17.9 Å². The fourth-order valence-corrected chi connectivity index (χ4v) is 3.64. The predicted molar refractivity (Wildman–Crippen MR) is 128 cm³/mol. The summed E-state index contributed by atoms with van der Waals surface area (Å²) in [7, 11) is 0. The predicted octanol–water partition coefficient (Wildman–Crippen LogP) is 7.46. The Morgan fingerprint density at radius 2 is 1.61 bits per heavy atom. The van der Waals surface area contributed by atoms with Gasteiger partial charge in [-0.15, -0.1) is 0 Å². The highest BCUT2D eigenvalue weighted by molar-refractivity contribution is 7.08. The third-order valence-corrected chi connectivity index (χ3v) is 5.50. The van der Waals surface area contributed by atoms with E-state index in [9.17, 15) is 4.79 Å². The van der Waals surface area contributed by atoms with Crippen molar-refractivity contribution in [2.75, 3.05) is 6.61 Å². The first-order valence-electron chi connectivity index (χ1n) is 10.9. The van der Waals surface area contributed by atoms with Crippen LogP contribution in [-0.4, -0.2) is 18.8 Å². The SMILES string of the molecule is CCCCCCCCOc1ccc(N=Cc2ccc(OC(=O)c3ccsc3)cc2)cc1. The molecule has 0 amide bonds. The molecule has 0 saturated carbocycles. The van der Waals surface area contributed by atoms with Crippen LogP contribution in [0.1, 0.15) is 61.4 Å². The van der Waals surface area contributed by atoms with E-state index in [1.807, 2.05) is 41.8 Å². The molecule has 0 aliphatic rings. The molecular weight excluding hydrogens is 406 g/mol. The van der Waals surface area contributed by atoms with Gasteiger partial charge in [0.15, 0.2) is 0 Å². The standard InChI is InChI=1S/C26H29NO3S/c1-2-3-4-5-6-7-17-29-24-14-10-23(11-15-24)27-19-21-8-12-25(13-9-21)30-26(28)22-16-18-31-20-22/h8-16,18-20H,2-7,17H2,1H3. The highest BCUT2D eigenvalue weighted by atomic mass is 32.1. The molecule has 0 spiro atoms. The van der Waals surface area contributed by atoms with Crippen molar-refractivity contribution in [2.24, 2.45) is 4.99 Å². The number of carbonyl (C=O) groups is 1. The summed E-state index contributed by atoms with van der Waals surface area (Å²) in [6.07, 6.45) is 9.35. The molecular formula is C26H29NO3S. The molecule has 31 heavy (non-hydrogen) atoms. The fourth-order valence-electron chi connectivity index (χ4n) is 3.02. The van der Waals surface area contributed by atoms with Gasteiger partial charge in [0, 0.05) is 11.6 Å². The molecule has 1 heterocycles. The number of ether oxygens (including phenoxy) is 2. The van der Waals surface area contributed by atoms with Crippen LogP contribution in [-0.2, 0) is 0 Å². The van der Waals surface area contributed by atoms with Crippen molar-refractivity contribution in [3.8, 4) is 11.5 Å². The first kappa shape index (κ1) is 22.8. The summed E-state index contributed by atoms with van der Waals surface area (Å²) in [5, 5.41) is 3.62. The van der Waals surface area contributed by atoms with Gasteiger partial charge < -0.3 is 9.47 Å². The van der Waals surface area contributed by atoms with Gasteiger partial charge in [-0.1, -0.05) is 39.0 Å². The molecule has 0 unspecified atom stereocenters. The lowest BCUT2D eigenvalue weighted by atomic mass is 10.1. The third-order valence-electron chi connectivity index (χ3n) is 4.81. The zero-order valence-electron chi connectivity index (χ0n) is 18.0. The van der Waals surface area contributed by atoms with Crippen molar-refractivity contribution in [1.82, 2.24) is 0 Å². The highest BCUT2D eigenvalue weighted by Crippen LogP contribution is 2.19. The molecule has 0 radical (unpaired) electrons. The van der Waals surface area contributed by atoms with E-state index in [0.717, 1.165) is 30.0 Å². The Balaban J connectivity index is 1.42. The fraction of sp³-hybridized carbons (Fsp3) is 0.308. The molecule has 2 aromatic carbocycles. The van der Waals surface area contributed by atoms with Gasteiger partial charge in [-0.2, -0.15) is 11.3 Å². The van der Waals surface area contributed by atoms with Crippen molar-refractivity contribution in [3.05, 3.63) is 76.5 Å². The van der Waals surface area contributed by atoms with E-state index in [0.29, 0.717) is 11.3 Å². The molecule has 4 nitrogen and oxygen atoms in total. The van der Waals surface area contributed by atoms with Crippen LogP contribution in [0, 0.1) is 0 Å². The Hall–Kier alpha value is -2.92. The molecule has 3 aromatic rings. The van der Waals surface area contributed by atoms with E-state index in [1.165, 1.54) is 43.4 Å². The number of aliphatic imine (C=N–C) groups is 1. The highest BCUT2D eigenvalue weighted by Gasteiger charge is 2.08. The number of benzene rings is 2. The molecule has 0 aliphatic heterocycles.